The van der Waals surface area contributed by atoms with Gasteiger partial charge in [0.15, 0.2) is 6.29 Å². The molecule has 0 aliphatic carbocycles. The fourth-order valence-corrected chi connectivity index (χ4v) is 5.62. The number of aliphatic hydroxyl groups is 5. The van der Waals surface area contributed by atoms with Gasteiger partial charge < -0.3 is 40.3 Å². The first-order valence-corrected chi connectivity index (χ1v) is 17.9. The fourth-order valence-electron chi connectivity index (χ4n) is 5.62. The maximum Gasteiger partial charge on any atom is 0.220 e. The zero-order valence-electron chi connectivity index (χ0n) is 27.9. The van der Waals surface area contributed by atoms with E-state index < -0.39 is 49.5 Å². The summed E-state index contributed by atoms with van der Waals surface area (Å²) >= 11 is 0. The van der Waals surface area contributed by atoms with Crippen molar-refractivity contribution in [2.45, 2.75) is 192 Å². The number of nitrogens with one attached hydrogen (secondary N) is 1. The van der Waals surface area contributed by atoms with Crippen molar-refractivity contribution < 1.29 is 39.8 Å². The highest BCUT2D eigenvalue weighted by molar-refractivity contribution is 5.76. The Hall–Kier alpha value is -1.07. The molecule has 260 valence electrons. The van der Waals surface area contributed by atoms with Crippen molar-refractivity contribution in [1.29, 1.82) is 0 Å². The monoisotopic (exact) mass is 629 g/mol. The van der Waals surface area contributed by atoms with Crippen LogP contribution in [0.4, 0.5) is 0 Å². The molecular formula is C35H67NO8. The van der Waals surface area contributed by atoms with Crippen LogP contribution >= 0.6 is 0 Å². The quantitative estimate of drug-likeness (QED) is 0.0495. The molecule has 1 fully saturated rings. The molecule has 1 heterocycles. The van der Waals surface area contributed by atoms with E-state index in [-0.39, 0.29) is 12.5 Å². The van der Waals surface area contributed by atoms with Crippen molar-refractivity contribution in [1.82, 2.24) is 5.32 Å². The zero-order valence-corrected chi connectivity index (χ0v) is 27.9. The Kier molecular flexibility index (Phi) is 25.2. The van der Waals surface area contributed by atoms with E-state index in [1.807, 2.05) is 6.08 Å². The van der Waals surface area contributed by atoms with E-state index >= 15 is 0 Å². The topological polar surface area (TPSA) is 149 Å². The average Bonchev–Trinajstić information content (AvgIpc) is 3.02. The van der Waals surface area contributed by atoms with Crippen LogP contribution in [0, 0.1) is 0 Å². The lowest BCUT2D eigenvalue weighted by molar-refractivity contribution is -0.302. The summed E-state index contributed by atoms with van der Waals surface area (Å²) < 4.78 is 11.1. The fraction of sp³-hybridized carbons (Fsp3) is 0.914. The van der Waals surface area contributed by atoms with Gasteiger partial charge in [0.1, 0.15) is 24.4 Å². The Morgan fingerprint density at radius 3 is 1.77 bits per heavy atom. The van der Waals surface area contributed by atoms with Gasteiger partial charge in [0.05, 0.1) is 25.4 Å². The van der Waals surface area contributed by atoms with E-state index in [0.29, 0.717) is 6.42 Å². The number of ether oxygens (including phenoxy) is 2. The molecule has 0 saturated carbocycles. The van der Waals surface area contributed by atoms with Crippen molar-refractivity contribution in [2.75, 3.05) is 13.2 Å². The average molecular weight is 630 g/mol. The molecule has 2 unspecified atom stereocenters. The molecule has 1 aliphatic rings. The van der Waals surface area contributed by atoms with E-state index in [9.17, 15) is 30.3 Å². The van der Waals surface area contributed by atoms with Crippen LogP contribution in [-0.2, 0) is 14.3 Å². The second kappa shape index (κ2) is 27.1. The maximum atomic E-state index is 12.8. The number of hydrogen-bond acceptors (Lipinski definition) is 8. The third kappa shape index (κ3) is 18.8. The molecular weight excluding hydrogens is 562 g/mol. The molecule has 0 radical (unpaired) electrons. The molecule has 0 aromatic rings. The number of carbonyl (C=O) groups is 1. The van der Waals surface area contributed by atoms with Gasteiger partial charge in [0.2, 0.25) is 5.91 Å². The van der Waals surface area contributed by atoms with Gasteiger partial charge in [-0.15, -0.1) is 0 Å². The Morgan fingerprint density at radius 1 is 0.750 bits per heavy atom. The van der Waals surface area contributed by atoms with Gasteiger partial charge in [0, 0.05) is 6.42 Å². The van der Waals surface area contributed by atoms with Crippen molar-refractivity contribution in [2.24, 2.45) is 0 Å². The molecule has 1 aliphatic heterocycles. The van der Waals surface area contributed by atoms with Gasteiger partial charge in [-0.05, 0) is 19.3 Å². The van der Waals surface area contributed by atoms with Crippen LogP contribution < -0.4 is 5.32 Å². The first-order chi connectivity index (χ1) is 21.3. The van der Waals surface area contributed by atoms with E-state index in [2.05, 4.69) is 19.2 Å². The van der Waals surface area contributed by atoms with Crippen LogP contribution in [0.2, 0.25) is 0 Å². The van der Waals surface area contributed by atoms with Crippen LogP contribution in [-0.4, -0.2) is 87.5 Å². The summed E-state index contributed by atoms with van der Waals surface area (Å²) in [6, 6.07) is -0.794. The number of aliphatic hydroxyl groups excluding tert-OH is 5. The summed E-state index contributed by atoms with van der Waals surface area (Å²) in [5, 5.41) is 53.7. The molecule has 0 spiro atoms. The molecule has 1 amide bonds. The molecule has 0 aromatic heterocycles. The molecule has 7 atom stereocenters. The number of rotatable bonds is 28. The van der Waals surface area contributed by atoms with Gasteiger partial charge >= 0.3 is 0 Å². The molecule has 0 aromatic carbocycles. The van der Waals surface area contributed by atoms with Crippen LogP contribution in [0.15, 0.2) is 12.2 Å². The summed E-state index contributed by atoms with van der Waals surface area (Å²) in [5.74, 6) is -0.182. The summed E-state index contributed by atoms with van der Waals surface area (Å²) in [4.78, 5) is 12.8. The highest BCUT2D eigenvalue weighted by Crippen LogP contribution is 2.22. The number of hydrogen-bond donors (Lipinski definition) is 6. The molecule has 44 heavy (non-hydrogen) atoms. The SMILES string of the molecule is CCCCCCCCCC/C=C/[C@@H](O)[C@H](CO[C@@H]1O[C@H](CO)[C@H](O)C(O)C1O)NC(=O)CCCCCCCCCCCCC. The van der Waals surface area contributed by atoms with Crippen LogP contribution in [0.5, 0.6) is 0 Å². The standard InChI is InChI=1S/C35H67NO8/c1-3-5-7-9-11-13-15-17-19-21-23-25-31(39)36-28(27-43-35-34(42)33(41)32(40)30(26-37)44-35)29(38)24-22-20-18-16-14-12-10-8-6-4-2/h22,24,28-30,32-35,37-38,40-42H,3-21,23,25-27H2,1-2H3,(H,36,39)/b24-22+/t28-,29+,30+,32-,33?,34?,35+/m0/s1. The van der Waals surface area contributed by atoms with E-state index in [4.69, 9.17) is 9.47 Å². The minimum Gasteiger partial charge on any atom is -0.394 e. The number of carbonyl (C=O) groups excluding carboxylic acids is 1. The van der Waals surface area contributed by atoms with E-state index in [0.717, 1.165) is 38.5 Å². The van der Waals surface area contributed by atoms with Gasteiger partial charge in [-0.25, -0.2) is 0 Å². The molecule has 1 saturated heterocycles. The van der Waals surface area contributed by atoms with Crippen LogP contribution in [0.3, 0.4) is 0 Å². The Labute approximate surface area is 267 Å². The summed E-state index contributed by atoms with van der Waals surface area (Å²) in [5.41, 5.74) is 0. The number of allylic oxidation sites excluding steroid dienone is 1. The molecule has 6 N–H and O–H groups in total. The predicted molar refractivity (Wildman–Crippen MR) is 175 cm³/mol. The Morgan fingerprint density at radius 2 is 1.25 bits per heavy atom. The van der Waals surface area contributed by atoms with Crippen LogP contribution in [0.1, 0.15) is 149 Å². The minimum atomic E-state index is -1.56. The summed E-state index contributed by atoms with van der Waals surface area (Å²) in [6.45, 7) is 3.71. The first kappa shape index (κ1) is 41.0. The lowest BCUT2D eigenvalue weighted by atomic mass is 9.99. The van der Waals surface area contributed by atoms with Crippen LogP contribution in [0.25, 0.3) is 0 Å². The second-order valence-electron chi connectivity index (χ2n) is 12.7. The maximum absolute atomic E-state index is 12.8. The van der Waals surface area contributed by atoms with Crippen molar-refractivity contribution in [3.63, 3.8) is 0 Å². The third-order valence-electron chi connectivity index (χ3n) is 8.61. The lowest BCUT2D eigenvalue weighted by Gasteiger charge is -2.40. The number of amides is 1. The lowest BCUT2D eigenvalue weighted by Crippen LogP contribution is -2.60. The summed E-state index contributed by atoms with van der Waals surface area (Å²) in [6.07, 6.45) is 19.7. The first-order valence-electron chi connectivity index (χ1n) is 17.9. The highest BCUT2D eigenvalue weighted by Gasteiger charge is 2.44. The Bertz CT molecular complexity index is 706. The van der Waals surface area contributed by atoms with Gasteiger partial charge in [-0.3, -0.25) is 4.79 Å². The molecule has 1 rings (SSSR count). The highest BCUT2D eigenvalue weighted by atomic mass is 16.7. The molecule has 0 bridgehead atoms. The Balaban J connectivity index is 2.50. The minimum absolute atomic E-state index is 0.182. The van der Waals surface area contributed by atoms with E-state index in [1.54, 1.807) is 6.08 Å². The largest absolute Gasteiger partial charge is 0.394 e. The van der Waals surface area contributed by atoms with Crippen molar-refractivity contribution >= 4 is 5.91 Å². The third-order valence-corrected chi connectivity index (χ3v) is 8.61. The van der Waals surface area contributed by atoms with Gasteiger partial charge in [-0.2, -0.15) is 0 Å². The second-order valence-corrected chi connectivity index (χ2v) is 12.7. The van der Waals surface area contributed by atoms with E-state index in [1.165, 1.54) is 89.9 Å². The molecule has 9 nitrogen and oxygen atoms in total. The number of unbranched alkanes of at least 4 members (excludes halogenated alkanes) is 18. The van der Waals surface area contributed by atoms with Gasteiger partial charge in [-0.1, -0.05) is 135 Å². The zero-order chi connectivity index (χ0) is 32.4. The van der Waals surface area contributed by atoms with Gasteiger partial charge in [0.25, 0.3) is 0 Å². The summed E-state index contributed by atoms with van der Waals surface area (Å²) in [7, 11) is 0. The van der Waals surface area contributed by atoms with Crippen molar-refractivity contribution in [3.05, 3.63) is 12.2 Å². The molecule has 9 heteroatoms. The predicted octanol–water partition coefficient (Wildman–Crippen LogP) is 5.44. The smallest absolute Gasteiger partial charge is 0.220 e. The normalized spacial score (nSPS) is 23.7. The van der Waals surface area contributed by atoms with Crippen molar-refractivity contribution in [3.8, 4) is 0 Å².